The lowest BCUT2D eigenvalue weighted by molar-refractivity contribution is -0.109. The summed E-state index contributed by atoms with van der Waals surface area (Å²) in [7, 11) is 0. The van der Waals surface area contributed by atoms with Crippen molar-refractivity contribution >= 4 is 12.4 Å². The third-order valence-electron chi connectivity index (χ3n) is 1.64. The first-order valence-corrected chi connectivity index (χ1v) is 4.33. The number of carbonyl (C=O) groups excluding carboxylic acids is 1. The zero-order valence-corrected chi connectivity index (χ0v) is 7.85. The Balaban J connectivity index is 2.84. The van der Waals surface area contributed by atoms with Crippen LogP contribution in [-0.4, -0.2) is 12.9 Å². The van der Waals surface area contributed by atoms with E-state index >= 15 is 0 Å². The molecule has 0 heterocycles. The van der Waals surface area contributed by atoms with Crippen LogP contribution in [0.25, 0.3) is 6.08 Å². The zero-order valence-electron chi connectivity index (χ0n) is 7.85. The van der Waals surface area contributed by atoms with Crippen LogP contribution in [0.15, 0.2) is 43.0 Å². The number of allylic oxidation sites excluding steroid dienone is 2. The van der Waals surface area contributed by atoms with E-state index in [2.05, 4.69) is 6.58 Å². The van der Waals surface area contributed by atoms with E-state index in [9.17, 15) is 4.79 Å². The van der Waals surface area contributed by atoms with Gasteiger partial charge in [0.1, 0.15) is 12.4 Å². The average molecular weight is 188 g/mol. The van der Waals surface area contributed by atoms with E-state index < -0.39 is 0 Å². The number of carbonyl (C=O) groups is 1. The second kappa shape index (κ2) is 5.75. The average Bonchev–Trinajstić information content (AvgIpc) is 2.24. The van der Waals surface area contributed by atoms with Crippen LogP contribution in [0.5, 0.6) is 5.75 Å². The smallest absolute Gasteiger partial charge is 0.157 e. The molecule has 0 aliphatic carbocycles. The monoisotopic (exact) mass is 188 g/mol. The summed E-state index contributed by atoms with van der Waals surface area (Å²) in [5.41, 5.74) is 0.939. The lowest BCUT2D eigenvalue weighted by Crippen LogP contribution is -1.98. The molecule has 0 amide bonds. The van der Waals surface area contributed by atoms with E-state index in [-0.39, 0.29) is 6.61 Å². The van der Waals surface area contributed by atoms with Crippen LogP contribution in [0.3, 0.4) is 0 Å². The molecule has 0 aliphatic rings. The van der Waals surface area contributed by atoms with Gasteiger partial charge in [-0.15, -0.1) is 0 Å². The Bertz CT molecular complexity index is 340. The molecule has 14 heavy (non-hydrogen) atoms. The molecule has 0 aliphatic heterocycles. The maximum Gasteiger partial charge on any atom is 0.157 e. The largest absolute Gasteiger partial charge is 0.486 e. The quantitative estimate of drug-likeness (QED) is 0.524. The van der Waals surface area contributed by atoms with E-state index in [1.807, 2.05) is 36.4 Å². The molecule has 0 saturated heterocycles. The molecule has 0 unspecified atom stereocenters. The molecule has 0 radical (unpaired) electrons. The fourth-order valence-electron chi connectivity index (χ4n) is 1.05. The van der Waals surface area contributed by atoms with Crippen molar-refractivity contribution in [2.24, 2.45) is 0 Å². The van der Waals surface area contributed by atoms with Crippen LogP contribution in [0, 0.1) is 0 Å². The molecule has 0 bridgehead atoms. The molecule has 1 aromatic carbocycles. The summed E-state index contributed by atoms with van der Waals surface area (Å²) in [4.78, 5) is 10.1. The molecule has 1 aromatic rings. The van der Waals surface area contributed by atoms with Crippen molar-refractivity contribution in [1.29, 1.82) is 0 Å². The van der Waals surface area contributed by atoms with Gasteiger partial charge in [0.25, 0.3) is 0 Å². The van der Waals surface area contributed by atoms with Gasteiger partial charge in [-0.2, -0.15) is 0 Å². The Morgan fingerprint density at radius 2 is 2.14 bits per heavy atom. The summed E-state index contributed by atoms with van der Waals surface area (Å²) >= 11 is 0. The first-order chi connectivity index (χ1) is 6.88. The highest BCUT2D eigenvalue weighted by Crippen LogP contribution is 2.18. The van der Waals surface area contributed by atoms with Crippen LogP contribution in [0.4, 0.5) is 0 Å². The minimum absolute atomic E-state index is 0.0823. The van der Waals surface area contributed by atoms with Crippen molar-refractivity contribution in [3.63, 3.8) is 0 Å². The molecule has 0 spiro atoms. The Labute approximate surface area is 83.5 Å². The predicted molar refractivity (Wildman–Crippen MR) is 57.2 cm³/mol. The first kappa shape index (κ1) is 10.3. The van der Waals surface area contributed by atoms with Gasteiger partial charge < -0.3 is 4.74 Å². The maximum atomic E-state index is 10.1. The minimum atomic E-state index is 0.0823. The van der Waals surface area contributed by atoms with Crippen LogP contribution in [0.1, 0.15) is 5.56 Å². The Kier molecular flexibility index (Phi) is 4.21. The van der Waals surface area contributed by atoms with E-state index in [0.717, 1.165) is 11.8 Å². The number of aldehydes is 1. The van der Waals surface area contributed by atoms with Gasteiger partial charge in [-0.1, -0.05) is 43.0 Å². The summed E-state index contributed by atoms with van der Waals surface area (Å²) in [6, 6.07) is 7.52. The van der Waals surface area contributed by atoms with Crippen LogP contribution >= 0.6 is 0 Å². The molecule has 0 N–H and O–H groups in total. The van der Waals surface area contributed by atoms with Gasteiger partial charge in [0.05, 0.1) is 0 Å². The molecule has 2 nitrogen and oxygen atoms in total. The van der Waals surface area contributed by atoms with Crippen molar-refractivity contribution < 1.29 is 9.53 Å². The zero-order chi connectivity index (χ0) is 10.2. The standard InChI is InChI=1S/C12H12O2/c1-2-3-6-11-7-4-5-8-12(11)14-10-9-13/h2-9H,1,10H2/b6-3+. The van der Waals surface area contributed by atoms with Crippen LogP contribution in [-0.2, 0) is 4.79 Å². The molecule has 1 rings (SSSR count). The maximum absolute atomic E-state index is 10.1. The predicted octanol–water partition coefficient (Wildman–Crippen LogP) is 2.46. The topological polar surface area (TPSA) is 26.3 Å². The van der Waals surface area contributed by atoms with Crippen LogP contribution < -0.4 is 4.74 Å². The van der Waals surface area contributed by atoms with E-state index in [0.29, 0.717) is 5.75 Å². The lowest BCUT2D eigenvalue weighted by Gasteiger charge is -2.05. The number of hydrogen-bond acceptors (Lipinski definition) is 2. The summed E-state index contributed by atoms with van der Waals surface area (Å²) in [5.74, 6) is 0.706. The van der Waals surface area contributed by atoms with Crippen LogP contribution in [0.2, 0.25) is 0 Å². The molecule has 0 fully saturated rings. The summed E-state index contributed by atoms with van der Waals surface area (Å²) in [5, 5.41) is 0. The third-order valence-corrected chi connectivity index (χ3v) is 1.64. The first-order valence-electron chi connectivity index (χ1n) is 4.33. The fraction of sp³-hybridized carbons (Fsp3) is 0.0833. The highest BCUT2D eigenvalue weighted by Gasteiger charge is 1.97. The second-order valence-corrected chi connectivity index (χ2v) is 2.61. The molecule has 72 valence electrons. The van der Waals surface area contributed by atoms with Gasteiger partial charge >= 0.3 is 0 Å². The molecule has 0 saturated carbocycles. The van der Waals surface area contributed by atoms with E-state index in [1.54, 1.807) is 6.08 Å². The number of para-hydroxylation sites is 1. The Morgan fingerprint density at radius 1 is 1.36 bits per heavy atom. The minimum Gasteiger partial charge on any atom is -0.486 e. The molecular formula is C12H12O2. The Morgan fingerprint density at radius 3 is 2.86 bits per heavy atom. The Hall–Kier alpha value is -1.83. The van der Waals surface area contributed by atoms with Gasteiger partial charge in [0.15, 0.2) is 6.29 Å². The van der Waals surface area contributed by atoms with Gasteiger partial charge in [-0.25, -0.2) is 0 Å². The molecule has 0 atom stereocenters. The van der Waals surface area contributed by atoms with E-state index in [4.69, 9.17) is 4.74 Å². The van der Waals surface area contributed by atoms with Crippen molar-refractivity contribution in [3.05, 3.63) is 48.6 Å². The molecule has 0 aromatic heterocycles. The SMILES string of the molecule is C=C/C=C/c1ccccc1OCC=O. The number of ether oxygens (including phenoxy) is 1. The summed E-state index contributed by atoms with van der Waals surface area (Å²) < 4.78 is 5.23. The van der Waals surface area contributed by atoms with Crippen molar-refractivity contribution in [2.75, 3.05) is 6.61 Å². The number of rotatable bonds is 5. The number of benzene rings is 1. The summed E-state index contributed by atoms with van der Waals surface area (Å²) in [6.07, 6.45) is 6.13. The highest BCUT2D eigenvalue weighted by molar-refractivity contribution is 5.59. The second-order valence-electron chi connectivity index (χ2n) is 2.61. The normalized spacial score (nSPS) is 10.0. The highest BCUT2D eigenvalue weighted by atomic mass is 16.5. The van der Waals surface area contributed by atoms with Crippen molar-refractivity contribution in [1.82, 2.24) is 0 Å². The molecular weight excluding hydrogens is 176 g/mol. The van der Waals surface area contributed by atoms with E-state index in [1.165, 1.54) is 0 Å². The van der Waals surface area contributed by atoms with Crippen molar-refractivity contribution in [3.8, 4) is 5.75 Å². The lowest BCUT2D eigenvalue weighted by atomic mass is 10.2. The van der Waals surface area contributed by atoms with Crippen molar-refractivity contribution in [2.45, 2.75) is 0 Å². The van der Waals surface area contributed by atoms with Gasteiger partial charge in [-0.05, 0) is 6.07 Å². The molecule has 2 heteroatoms. The number of hydrogen-bond donors (Lipinski definition) is 0. The van der Waals surface area contributed by atoms with Gasteiger partial charge in [0.2, 0.25) is 0 Å². The summed E-state index contributed by atoms with van der Waals surface area (Å²) in [6.45, 7) is 3.67. The third kappa shape index (κ3) is 2.90. The van der Waals surface area contributed by atoms with Gasteiger partial charge in [0, 0.05) is 5.56 Å². The van der Waals surface area contributed by atoms with Gasteiger partial charge in [-0.3, -0.25) is 4.79 Å². The fourth-order valence-corrected chi connectivity index (χ4v) is 1.05.